The Morgan fingerprint density at radius 1 is 1.14 bits per heavy atom. The summed E-state index contributed by atoms with van der Waals surface area (Å²) < 4.78 is 6.12. The number of likely N-dealkylation sites (tertiary alicyclic amines) is 1. The fourth-order valence-corrected chi connectivity index (χ4v) is 4.27. The van der Waals surface area contributed by atoms with E-state index in [-0.39, 0.29) is 12.0 Å². The fraction of sp³-hybridized carbons (Fsp3) is 0.500. The highest BCUT2D eigenvalue weighted by Gasteiger charge is 2.32. The Balaban J connectivity index is 1.16. The first kappa shape index (κ1) is 19.9. The second-order valence-corrected chi connectivity index (χ2v) is 8.48. The zero-order valence-electron chi connectivity index (χ0n) is 17.3. The Morgan fingerprint density at radius 3 is 2.59 bits per heavy atom. The molecule has 1 aromatic carbocycles. The van der Waals surface area contributed by atoms with Crippen molar-refractivity contribution in [2.24, 2.45) is 5.92 Å². The van der Waals surface area contributed by atoms with E-state index in [4.69, 9.17) is 4.74 Å². The molecule has 1 saturated heterocycles. The summed E-state index contributed by atoms with van der Waals surface area (Å²) in [7, 11) is 1.89. The van der Waals surface area contributed by atoms with Crippen LogP contribution in [0.15, 0.2) is 48.7 Å². The van der Waals surface area contributed by atoms with Crippen LogP contribution in [0.1, 0.15) is 36.9 Å². The van der Waals surface area contributed by atoms with Gasteiger partial charge in [0.15, 0.2) is 0 Å². The lowest BCUT2D eigenvalue weighted by molar-refractivity contribution is -0.130. The summed E-state index contributed by atoms with van der Waals surface area (Å²) in [5.74, 6) is 1.60. The monoisotopic (exact) mass is 393 g/mol. The number of aromatic nitrogens is 1. The number of amides is 1. The maximum Gasteiger partial charge on any atom is 0.228 e. The largest absolute Gasteiger partial charge is 0.490 e. The number of carbonyl (C=O) groups is 1. The molecule has 2 aliphatic rings. The molecule has 2 fully saturated rings. The van der Waals surface area contributed by atoms with Gasteiger partial charge in [0.1, 0.15) is 5.75 Å². The smallest absolute Gasteiger partial charge is 0.228 e. The topological polar surface area (TPSA) is 45.7 Å². The molecule has 0 atom stereocenters. The van der Waals surface area contributed by atoms with Crippen LogP contribution < -0.4 is 4.74 Å². The highest BCUT2D eigenvalue weighted by molar-refractivity contribution is 5.78. The number of carbonyl (C=O) groups excluding carboxylic acids is 1. The summed E-state index contributed by atoms with van der Waals surface area (Å²) in [6.07, 6.45) is 7.04. The van der Waals surface area contributed by atoms with Crippen LogP contribution >= 0.6 is 0 Å². The lowest BCUT2D eigenvalue weighted by Crippen LogP contribution is -2.42. The van der Waals surface area contributed by atoms with Crippen LogP contribution in [0, 0.1) is 5.92 Å². The maximum atomic E-state index is 12.4. The quantitative estimate of drug-likeness (QED) is 0.688. The van der Waals surface area contributed by atoms with Gasteiger partial charge in [-0.05, 0) is 74.5 Å². The first-order chi connectivity index (χ1) is 14.2. The summed E-state index contributed by atoms with van der Waals surface area (Å²) in [6, 6.07) is 14.3. The molecule has 4 rings (SSSR count). The van der Waals surface area contributed by atoms with Crippen molar-refractivity contribution in [1.29, 1.82) is 0 Å². The molecule has 0 spiro atoms. The third-order valence-corrected chi connectivity index (χ3v) is 6.04. The van der Waals surface area contributed by atoms with E-state index in [9.17, 15) is 4.79 Å². The molecule has 0 radical (unpaired) electrons. The third kappa shape index (κ3) is 5.57. The molecule has 5 nitrogen and oxygen atoms in total. The molecule has 29 heavy (non-hydrogen) atoms. The molecule has 1 amide bonds. The lowest BCUT2D eigenvalue weighted by atomic mass is 9.82. The van der Waals surface area contributed by atoms with Gasteiger partial charge in [-0.15, -0.1) is 0 Å². The van der Waals surface area contributed by atoms with Gasteiger partial charge in [-0.25, -0.2) is 0 Å². The van der Waals surface area contributed by atoms with Crippen LogP contribution in [-0.4, -0.2) is 53.5 Å². The Labute approximate surface area is 173 Å². The maximum absolute atomic E-state index is 12.4. The molecule has 1 saturated carbocycles. The van der Waals surface area contributed by atoms with Crippen LogP contribution in [0.5, 0.6) is 5.75 Å². The van der Waals surface area contributed by atoms with Gasteiger partial charge in [0.2, 0.25) is 5.91 Å². The molecular formula is C24H31N3O2. The molecule has 1 aliphatic carbocycles. The summed E-state index contributed by atoms with van der Waals surface area (Å²) in [4.78, 5) is 21.0. The molecule has 2 aromatic rings. The number of pyridine rings is 1. The minimum atomic E-state index is 0.127. The molecule has 1 aliphatic heterocycles. The Hall–Kier alpha value is -2.40. The SMILES string of the molecule is CN(CC1CC(Oc2ccc(CN3CCCC3)cc2)C1)C(=O)Cc1ccccn1. The van der Waals surface area contributed by atoms with Crippen LogP contribution in [0.4, 0.5) is 0 Å². The second-order valence-electron chi connectivity index (χ2n) is 8.48. The molecule has 1 aromatic heterocycles. The van der Waals surface area contributed by atoms with E-state index in [0.717, 1.165) is 37.4 Å². The van der Waals surface area contributed by atoms with Crippen molar-refractivity contribution in [3.63, 3.8) is 0 Å². The number of hydrogen-bond donors (Lipinski definition) is 0. The van der Waals surface area contributed by atoms with Gasteiger partial charge < -0.3 is 9.64 Å². The highest BCUT2D eigenvalue weighted by Crippen LogP contribution is 2.32. The summed E-state index contributed by atoms with van der Waals surface area (Å²) in [5.41, 5.74) is 2.19. The number of benzene rings is 1. The fourth-order valence-electron chi connectivity index (χ4n) is 4.27. The van der Waals surface area contributed by atoms with E-state index < -0.39 is 0 Å². The first-order valence-corrected chi connectivity index (χ1v) is 10.8. The zero-order chi connectivity index (χ0) is 20.1. The van der Waals surface area contributed by atoms with Crippen LogP contribution in [0.25, 0.3) is 0 Å². The molecule has 2 heterocycles. The van der Waals surface area contributed by atoms with E-state index in [2.05, 4.69) is 34.1 Å². The van der Waals surface area contributed by atoms with Gasteiger partial charge in [0.05, 0.1) is 12.5 Å². The van der Waals surface area contributed by atoms with Crippen molar-refractivity contribution >= 4 is 5.91 Å². The normalized spacial score (nSPS) is 21.6. The number of ether oxygens (including phenoxy) is 1. The Bertz CT molecular complexity index is 782. The first-order valence-electron chi connectivity index (χ1n) is 10.8. The van der Waals surface area contributed by atoms with Gasteiger partial charge in [-0.2, -0.15) is 0 Å². The predicted molar refractivity (Wildman–Crippen MR) is 114 cm³/mol. The van der Waals surface area contributed by atoms with Crippen molar-refractivity contribution in [2.45, 2.75) is 44.8 Å². The van der Waals surface area contributed by atoms with Crippen molar-refractivity contribution in [2.75, 3.05) is 26.7 Å². The number of rotatable bonds is 8. The Kier molecular flexibility index (Phi) is 6.45. The number of likely N-dealkylation sites (N-methyl/N-ethyl adjacent to an activating group) is 1. The van der Waals surface area contributed by atoms with Crippen molar-refractivity contribution in [3.05, 3.63) is 59.9 Å². The van der Waals surface area contributed by atoms with E-state index in [1.807, 2.05) is 30.1 Å². The summed E-state index contributed by atoms with van der Waals surface area (Å²) in [6.45, 7) is 4.28. The van der Waals surface area contributed by atoms with E-state index in [1.54, 1.807) is 6.20 Å². The van der Waals surface area contributed by atoms with Crippen molar-refractivity contribution in [3.8, 4) is 5.75 Å². The van der Waals surface area contributed by atoms with Gasteiger partial charge >= 0.3 is 0 Å². The standard InChI is InChI=1S/C24H31N3O2/c1-26(24(28)16-21-6-2-3-11-25-21)17-20-14-23(15-20)29-22-9-7-19(8-10-22)18-27-12-4-5-13-27/h2-3,6-11,20,23H,4-5,12-18H2,1H3. The summed E-state index contributed by atoms with van der Waals surface area (Å²) >= 11 is 0. The minimum Gasteiger partial charge on any atom is -0.490 e. The average Bonchev–Trinajstić information content (AvgIpc) is 3.21. The number of nitrogens with zero attached hydrogens (tertiary/aromatic N) is 3. The molecule has 154 valence electrons. The number of hydrogen-bond acceptors (Lipinski definition) is 4. The molecule has 5 heteroatoms. The van der Waals surface area contributed by atoms with E-state index in [1.165, 1.54) is 31.5 Å². The highest BCUT2D eigenvalue weighted by atomic mass is 16.5. The molecule has 0 N–H and O–H groups in total. The van der Waals surface area contributed by atoms with Crippen molar-refractivity contribution < 1.29 is 9.53 Å². The third-order valence-electron chi connectivity index (χ3n) is 6.04. The van der Waals surface area contributed by atoms with Crippen LogP contribution in [0.3, 0.4) is 0 Å². The van der Waals surface area contributed by atoms with Gasteiger partial charge in [-0.1, -0.05) is 18.2 Å². The van der Waals surface area contributed by atoms with Crippen LogP contribution in [0.2, 0.25) is 0 Å². The van der Waals surface area contributed by atoms with Crippen molar-refractivity contribution in [1.82, 2.24) is 14.8 Å². The van der Waals surface area contributed by atoms with E-state index in [0.29, 0.717) is 12.3 Å². The van der Waals surface area contributed by atoms with Gasteiger partial charge in [0.25, 0.3) is 0 Å². The zero-order valence-corrected chi connectivity index (χ0v) is 17.3. The second kappa shape index (κ2) is 9.40. The van der Waals surface area contributed by atoms with Gasteiger partial charge in [-0.3, -0.25) is 14.7 Å². The molecule has 0 unspecified atom stereocenters. The molecular weight excluding hydrogens is 362 g/mol. The van der Waals surface area contributed by atoms with Gasteiger partial charge in [0, 0.05) is 32.0 Å². The predicted octanol–water partition coefficient (Wildman–Crippen LogP) is 3.54. The minimum absolute atomic E-state index is 0.127. The lowest BCUT2D eigenvalue weighted by Gasteiger charge is -2.37. The van der Waals surface area contributed by atoms with Crippen LogP contribution in [-0.2, 0) is 17.8 Å². The Morgan fingerprint density at radius 2 is 1.90 bits per heavy atom. The average molecular weight is 394 g/mol. The molecule has 0 bridgehead atoms. The van der Waals surface area contributed by atoms with E-state index >= 15 is 0 Å². The summed E-state index contributed by atoms with van der Waals surface area (Å²) in [5, 5.41) is 0.